The van der Waals surface area contributed by atoms with Crippen LogP contribution in [0, 0.1) is 10.1 Å². The maximum Gasteiger partial charge on any atom is 0.311 e. The van der Waals surface area contributed by atoms with E-state index in [0.717, 1.165) is 25.2 Å². The molecule has 6 heteroatoms. The van der Waals surface area contributed by atoms with Gasteiger partial charge in [0, 0.05) is 37.5 Å². The quantitative estimate of drug-likeness (QED) is 0.649. The Bertz CT molecular complexity index is 458. The lowest BCUT2D eigenvalue weighted by molar-refractivity contribution is -0.385. The SMILES string of the molecule is CCOc1cc(N(C)C2CCNC2)ccc1[N+](=O)[O-]. The topological polar surface area (TPSA) is 67.6 Å². The number of nitrogens with one attached hydrogen (secondary N) is 1. The first kappa shape index (κ1) is 13.6. The fraction of sp³-hybridized carbons (Fsp3) is 0.538. The van der Waals surface area contributed by atoms with Crippen LogP contribution in [0.5, 0.6) is 5.75 Å². The number of ether oxygens (including phenoxy) is 1. The Morgan fingerprint density at radius 1 is 1.58 bits per heavy atom. The van der Waals surface area contributed by atoms with Gasteiger partial charge in [-0.3, -0.25) is 10.1 Å². The maximum atomic E-state index is 10.9. The molecule has 0 amide bonds. The van der Waals surface area contributed by atoms with Crippen molar-refractivity contribution in [3.8, 4) is 5.75 Å². The lowest BCUT2D eigenvalue weighted by atomic mass is 10.2. The van der Waals surface area contributed by atoms with Crippen LogP contribution in [0.25, 0.3) is 0 Å². The molecule has 19 heavy (non-hydrogen) atoms. The van der Waals surface area contributed by atoms with Crippen molar-refractivity contribution in [2.75, 3.05) is 31.6 Å². The smallest absolute Gasteiger partial charge is 0.311 e. The minimum atomic E-state index is -0.411. The summed E-state index contributed by atoms with van der Waals surface area (Å²) in [7, 11) is 2.01. The van der Waals surface area contributed by atoms with Gasteiger partial charge in [0.05, 0.1) is 11.5 Å². The second kappa shape index (κ2) is 5.88. The largest absolute Gasteiger partial charge is 0.487 e. The summed E-state index contributed by atoms with van der Waals surface area (Å²) in [6, 6.07) is 5.47. The zero-order chi connectivity index (χ0) is 13.8. The molecule has 1 aliphatic heterocycles. The first-order chi connectivity index (χ1) is 9.13. The van der Waals surface area contributed by atoms with Crippen LogP contribution in [0.1, 0.15) is 13.3 Å². The zero-order valence-corrected chi connectivity index (χ0v) is 11.3. The summed E-state index contributed by atoms with van der Waals surface area (Å²) in [6.45, 7) is 4.19. The fourth-order valence-electron chi connectivity index (χ4n) is 2.32. The number of rotatable bonds is 5. The Labute approximate surface area is 112 Å². The summed E-state index contributed by atoms with van der Waals surface area (Å²) in [5, 5.41) is 14.2. The number of nitro benzene ring substituents is 1. The van der Waals surface area contributed by atoms with Gasteiger partial charge in [0.1, 0.15) is 0 Å². The predicted molar refractivity (Wildman–Crippen MR) is 73.9 cm³/mol. The molecule has 0 aliphatic carbocycles. The van der Waals surface area contributed by atoms with Gasteiger partial charge in [-0.05, 0) is 26.0 Å². The lowest BCUT2D eigenvalue weighted by Gasteiger charge is -2.26. The summed E-state index contributed by atoms with van der Waals surface area (Å²) in [4.78, 5) is 12.7. The van der Waals surface area contributed by atoms with E-state index in [1.807, 2.05) is 14.0 Å². The highest BCUT2D eigenvalue weighted by atomic mass is 16.6. The van der Waals surface area contributed by atoms with E-state index >= 15 is 0 Å². The first-order valence-corrected chi connectivity index (χ1v) is 6.48. The summed E-state index contributed by atoms with van der Waals surface area (Å²) in [5.41, 5.74) is 0.964. The van der Waals surface area contributed by atoms with E-state index < -0.39 is 4.92 Å². The van der Waals surface area contributed by atoms with E-state index in [-0.39, 0.29) is 5.69 Å². The molecule has 0 aromatic heterocycles. The molecule has 0 saturated carbocycles. The Hall–Kier alpha value is -1.82. The van der Waals surface area contributed by atoms with Crippen molar-refractivity contribution >= 4 is 11.4 Å². The molecule has 2 rings (SSSR count). The normalized spacial score (nSPS) is 18.3. The minimum absolute atomic E-state index is 0.0172. The van der Waals surface area contributed by atoms with Crippen LogP contribution in [0.3, 0.4) is 0 Å². The highest BCUT2D eigenvalue weighted by Crippen LogP contribution is 2.32. The molecule has 1 heterocycles. The van der Waals surface area contributed by atoms with Crippen molar-refractivity contribution in [2.45, 2.75) is 19.4 Å². The number of nitrogens with zero attached hydrogens (tertiary/aromatic N) is 2. The Balaban J connectivity index is 2.26. The van der Waals surface area contributed by atoms with Crippen LogP contribution in [-0.2, 0) is 0 Å². The van der Waals surface area contributed by atoms with Crippen LogP contribution in [0.4, 0.5) is 11.4 Å². The van der Waals surface area contributed by atoms with Gasteiger partial charge in [-0.2, -0.15) is 0 Å². The van der Waals surface area contributed by atoms with Gasteiger partial charge in [0.2, 0.25) is 0 Å². The Kier molecular flexibility index (Phi) is 4.21. The summed E-state index contributed by atoms with van der Waals surface area (Å²) < 4.78 is 5.37. The number of nitro groups is 1. The van der Waals surface area contributed by atoms with E-state index in [2.05, 4.69) is 10.2 Å². The van der Waals surface area contributed by atoms with E-state index in [9.17, 15) is 10.1 Å². The number of anilines is 1. The predicted octanol–water partition coefficient (Wildman–Crippen LogP) is 1.79. The average molecular weight is 265 g/mol. The molecule has 0 spiro atoms. The lowest BCUT2D eigenvalue weighted by Crippen LogP contribution is -2.33. The van der Waals surface area contributed by atoms with Gasteiger partial charge in [-0.15, -0.1) is 0 Å². The molecule has 1 N–H and O–H groups in total. The molecule has 0 radical (unpaired) electrons. The van der Waals surface area contributed by atoms with Gasteiger partial charge in [0.15, 0.2) is 5.75 Å². The monoisotopic (exact) mass is 265 g/mol. The highest BCUT2D eigenvalue weighted by molar-refractivity contribution is 5.59. The number of likely N-dealkylation sites (N-methyl/N-ethyl adjacent to an activating group) is 1. The summed E-state index contributed by atoms with van der Waals surface area (Å²) in [5.74, 6) is 0.336. The first-order valence-electron chi connectivity index (χ1n) is 6.48. The molecule has 1 saturated heterocycles. The molecular weight excluding hydrogens is 246 g/mol. The molecule has 1 aliphatic rings. The van der Waals surface area contributed by atoms with Gasteiger partial charge in [0.25, 0.3) is 0 Å². The third-order valence-corrected chi connectivity index (χ3v) is 3.43. The molecule has 0 bridgehead atoms. The third kappa shape index (κ3) is 2.96. The standard InChI is InChI=1S/C13H19N3O3/c1-3-19-13-8-10(4-5-12(13)16(17)18)15(2)11-6-7-14-9-11/h4-5,8,11,14H,3,6-7,9H2,1-2H3. The molecule has 104 valence electrons. The molecule has 6 nitrogen and oxygen atoms in total. The molecule has 1 fully saturated rings. The van der Waals surface area contributed by atoms with Crippen molar-refractivity contribution in [1.82, 2.24) is 5.32 Å². The van der Waals surface area contributed by atoms with Crippen molar-refractivity contribution < 1.29 is 9.66 Å². The highest BCUT2D eigenvalue weighted by Gasteiger charge is 2.22. The van der Waals surface area contributed by atoms with E-state index in [1.54, 1.807) is 12.1 Å². The molecular formula is C13H19N3O3. The van der Waals surface area contributed by atoms with Gasteiger partial charge in [-0.25, -0.2) is 0 Å². The second-order valence-electron chi connectivity index (χ2n) is 4.60. The van der Waals surface area contributed by atoms with Crippen LogP contribution in [0.15, 0.2) is 18.2 Å². The van der Waals surface area contributed by atoms with E-state index in [1.165, 1.54) is 6.07 Å². The fourth-order valence-corrected chi connectivity index (χ4v) is 2.32. The van der Waals surface area contributed by atoms with Crippen LogP contribution >= 0.6 is 0 Å². The zero-order valence-electron chi connectivity index (χ0n) is 11.3. The number of hydrogen-bond donors (Lipinski definition) is 1. The summed E-state index contributed by atoms with van der Waals surface area (Å²) in [6.07, 6.45) is 1.08. The van der Waals surface area contributed by atoms with Crippen molar-refractivity contribution in [2.24, 2.45) is 0 Å². The molecule has 1 aromatic carbocycles. The number of benzene rings is 1. The second-order valence-corrected chi connectivity index (χ2v) is 4.60. The van der Waals surface area contributed by atoms with Crippen molar-refractivity contribution in [1.29, 1.82) is 0 Å². The third-order valence-electron chi connectivity index (χ3n) is 3.43. The van der Waals surface area contributed by atoms with Crippen molar-refractivity contribution in [3.63, 3.8) is 0 Å². The maximum absolute atomic E-state index is 10.9. The van der Waals surface area contributed by atoms with Gasteiger partial charge in [-0.1, -0.05) is 0 Å². The average Bonchev–Trinajstić information content (AvgIpc) is 2.91. The Morgan fingerprint density at radius 3 is 2.95 bits per heavy atom. The Morgan fingerprint density at radius 2 is 2.37 bits per heavy atom. The van der Waals surface area contributed by atoms with Crippen LogP contribution < -0.4 is 15.0 Å². The molecule has 1 unspecified atom stereocenters. The van der Waals surface area contributed by atoms with E-state index in [4.69, 9.17) is 4.74 Å². The molecule has 1 atom stereocenters. The molecule has 1 aromatic rings. The number of hydrogen-bond acceptors (Lipinski definition) is 5. The van der Waals surface area contributed by atoms with Gasteiger partial charge < -0.3 is 15.0 Å². The summed E-state index contributed by atoms with van der Waals surface area (Å²) >= 11 is 0. The van der Waals surface area contributed by atoms with Crippen LogP contribution in [-0.4, -0.2) is 37.7 Å². The van der Waals surface area contributed by atoms with Crippen molar-refractivity contribution in [3.05, 3.63) is 28.3 Å². The van der Waals surface area contributed by atoms with Crippen LogP contribution in [0.2, 0.25) is 0 Å². The van der Waals surface area contributed by atoms with Gasteiger partial charge >= 0.3 is 5.69 Å². The van der Waals surface area contributed by atoms with E-state index in [0.29, 0.717) is 18.4 Å². The minimum Gasteiger partial charge on any atom is -0.487 e.